The predicted molar refractivity (Wildman–Crippen MR) is 110 cm³/mol. The highest BCUT2D eigenvalue weighted by Gasteiger charge is 2.38. The Morgan fingerprint density at radius 2 is 1.50 bits per heavy atom. The van der Waals surface area contributed by atoms with Crippen molar-refractivity contribution in [2.75, 3.05) is 20.6 Å². The zero-order valence-corrected chi connectivity index (χ0v) is 16.7. The van der Waals surface area contributed by atoms with Gasteiger partial charge >= 0.3 is 6.03 Å². The number of hydrogen-bond acceptors (Lipinski definition) is 3. The van der Waals surface area contributed by atoms with Crippen LogP contribution < -0.4 is 10.6 Å². The van der Waals surface area contributed by atoms with E-state index in [1.165, 1.54) is 4.90 Å². The van der Waals surface area contributed by atoms with Crippen molar-refractivity contribution in [3.05, 3.63) is 71.8 Å². The molecule has 2 rings (SSSR count). The fraction of sp³-hybridized carbons (Fsp3) is 0.364. The molecular formula is C22H29N3O3. The van der Waals surface area contributed by atoms with Gasteiger partial charge in [0.1, 0.15) is 5.60 Å². The van der Waals surface area contributed by atoms with E-state index in [1.807, 2.05) is 60.7 Å². The van der Waals surface area contributed by atoms with E-state index < -0.39 is 11.6 Å². The normalized spacial score (nSPS) is 12.1. The minimum Gasteiger partial charge on any atom is -0.378 e. The first-order chi connectivity index (χ1) is 13.4. The average Bonchev–Trinajstić information content (AvgIpc) is 2.71. The summed E-state index contributed by atoms with van der Waals surface area (Å²) in [6.45, 7) is 2.16. The van der Waals surface area contributed by atoms with Gasteiger partial charge in [0.2, 0.25) is 5.91 Å². The Morgan fingerprint density at radius 1 is 1.00 bits per heavy atom. The number of urea groups is 1. The van der Waals surface area contributed by atoms with Crippen molar-refractivity contribution in [3.63, 3.8) is 0 Å². The van der Waals surface area contributed by atoms with Gasteiger partial charge < -0.3 is 20.6 Å². The van der Waals surface area contributed by atoms with Crippen LogP contribution in [0.2, 0.25) is 0 Å². The van der Waals surface area contributed by atoms with Gasteiger partial charge in [-0.25, -0.2) is 4.79 Å². The van der Waals surface area contributed by atoms with Crippen LogP contribution in [0.5, 0.6) is 0 Å². The first kappa shape index (κ1) is 21.4. The molecular weight excluding hydrogens is 354 g/mol. The first-order valence-electron chi connectivity index (χ1n) is 9.43. The van der Waals surface area contributed by atoms with Crippen molar-refractivity contribution in [3.8, 4) is 0 Å². The van der Waals surface area contributed by atoms with Crippen molar-refractivity contribution in [1.82, 2.24) is 15.5 Å². The smallest absolute Gasteiger partial charge is 0.315 e. The monoisotopic (exact) mass is 383 g/mol. The number of hydrogen-bond donors (Lipinski definition) is 3. The van der Waals surface area contributed by atoms with Gasteiger partial charge in [-0.15, -0.1) is 0 Å². The molecule has 0 aliphatic carbocycles. The van der Waals surface area contributed by atoms with E-state index in [1.54, 1.807) is 21.0 Å². The standard InChI is InChI=1S/C22H29N3O3/c1-17(24-21(27)23-16-10-15-20(26)25(2)3)22(28,18-11-6-4-7-12-18)19-13-8-5-9-14-19/h4-9,11-14,17,28H,10,15-16H2,1-3H3,(H2,23,24,27)/t17-/m1/s1. The van der Waals surface area contributed by atoms with Crippen LogP contribution in [0.1, 0.15) is 30.9 Å². The number of rotatable bonds is 8. The van der Waals surface area contributed by atoms with Gasteiger partial charge in [0.15, 0.2) is 0 Å². The molecule has 28 heavy (non-hydrogen) atoms. The second kappa shape index (κ2) is 9.90. The number of nitrogens with one attached hydrogen (secondary N) is 2. The first-order valence-corrected chi connectivity index (χ1v) is 9.43. The molecule has 0 spiro atoms. The molecule has 0 aliphatic heterocycles. The second-order valence-corrected chi connectivity index (χ2v) is 7.01. The molecule has 0 aromatic heterocycles. The molecule has 0 aliphatic rings. The summed E-state index contributed by atoms with van der Waals surface area (Å²) in [5.41, 5.74) is 0.0250. The van der Waals surface area contributed by atoms with Crippen molar-refractivity contribution in [1.29, 1.82) is 0 Å². The SMILES string of the molecule is C[C@@H](NC(=O)NCCCC(=O)N(C)C)C(O)(c1ccccc1)c1ccccc1. The molecule has 0 unspecified atom stereocenters. The van der Waals surface area contributed by atoms with Crippen LogP contribution in [0.4, 0.5) is 4.79 Å². The molecule has 0 heterocycles. The summed E-state index contributed by atoms with van der Waals surface area (Å²) >= 11 is 0. The van der Waals surface area contributed by atoms with Crippen molar-refractivity contribution >= 4 is 11.9 Å². The summed E-state index contributed by atoms with van der Waals surface area (Å²) in [5, 5.41) is 17.2. The minimum atomic E-state index is -1.37. The lowest BCUT2D eigenvalue weighted by Gasteiger charge is -2.35. The highest BCUT2D eigenvalue weighted by Crippen LogP contribution is 2.32. The van der Waals surface area contributed by atoms with Crippen LogP contribution in [0.3, 0.4) is 0 Å². The number of carbonyl (C=O) groups excluding carboxylic acids is 2. The van der Waals surface area contributed by atoms with Crippen LogP contribution in [0, 0.1) is 0 Å². The van der Waals surface area contributed by atoms with Crippen LogP contribution in [-0.2, 0) is 10.4 Å². The Balaban J connectivity index is 2.04. The largest absolute Gasteiger partial charge is 0.378 e. The predicted octanol–water partition coefficient (Wildman–Crippen LogP) is 2.48. The van der Waals surface area contributed by atoms with E-state index in [9.17, 15) is 14.7 Å². The number of nitrogens with zero attached hydrogens (tertiary/aromatic N) is 1. The number of aliphatic hydroxyl groups is 1. The molecule has 6 heteroatoms. The highest BCUT2D eigenvalue weighted by atomic mass is 16.3. The molecule has 0 fully saturated rings. The van der Waals surface area contributed by atoms with E-state index in [0.717, 1.165) is 0 Å². The summed E-state index contributed by atoms with van der Waals surface area (Å²) in [4.78, 5) is 25.4. The molecule has 2 aromatic rings. The molecule has 3 amide bonds. The van der Waals surface area contributed by atoms with Gasteiger partial charge in [-0.3, -0.25) is 4.79 Å². The molecule has 0 bridgehead atoms. The Bertz CT molecular complexity index is 724. The Labute approximate surface area is 166 Å². The van der Waals surface area contributed by atoms with Crippen molar-refractivity contribution < 1.29 is 14.7 Å². The average molecular weight is 383 g/mol. The zero-order chi connectivity index (χ0) is 20.6. The Hall–Kier alpha value is -2.86. The maximum Gasteiger partial charge on any atom is 0.315 e. The van der Waals surface area contributed by atoms with E-state index in [2.05, 4.69) is 10.6 Å². The number of carbonyl (C=O) groups is 2. The van der Waals surface area contributed by atoms with Crippen LogP contribution in [0.15, 0.2) is 60.7 Å². The van der Waals surface area contributed by atoms with Crippen molar-refractivity contribution in [2.24, 2.45) is 0 Å². The summed E-state index contributed by atoms with van der Waals surface area (Å²) in [7, 11) is 3.41. The van der Waals surface area contributed by atoms with E-state index in [-0.39, 0.29) is 11.9 Å². The van der Waals surface area contributed by atoms with E-state index in [0.29, 0.717) is 30.5 Å². The minimum absolute atomic E-state index is 0.0260. The number of amides is 3. The molecule has 0 saturated heterocycles. The molecule has 1 atom stereocenters. The maximum absolute atomic E-state index is 12.3. The lowest BCUT2D eigenvalue weighted by molar-refractivity contribution is -0.128. The van der Waals surface area contributed by atoms with E-state index in [4.69, 9.17) is 0 Å². The third kappa shape index (κ3) is 5.33. The summed E-state index contributed by atoms with van der Waals surface area (Å²) in [5.74, 6) is 0.0260. The maximum atomic E-state index is 12.3. The van der Waals surface area contributed by atoms with Crippen LogP contribution in [-0.4, -0.2) is 48.6 Å². The Morgan fingerprint density at radius 3 is 1.96 bits per heavy atom. The van der Waals surface area contributed by atoms with Crippen LogP contribution >= 0.6 is 0 Å². The molecule has 0 saturated carbocycles. The summed E-state index contributed by atoms with van der Waals surface area (Å²) < 4.78 is 0. The third-order valence-corrected chi connectivity index (χ3v) is 4.75. The second-order valence-electron chi connectivity index (χ2n) is 7.01. The van der Waals surface area contributed by atoms with Gasteiger partial charge in [-0.2, -0.15) is 0 Å². The lowest BCUT2D eigenvalue weighted by atomic mass is 9.81. The summed E-state index contributed by atoms with van der Waals surface area (Å²) in [6.07, 6.45) is 0.932. The number of benzene rings is 2. The van der Waals surface area contributed by atoms with Gasteiger partial charge in [0.25, 0.3) is 0 Å². The Kier molecular flexibility index (Phi) is 7.58. The van der Waals surface area contributed by atoms with Gasteiger partial charge in [0, 0.05) is 27.1 Å². The molecule has 2 aromatic carbocycles. The summed E-state index contributed by atoms with van der Waals surface area (Å²) in [6, 6.07) is 17.6. The molecule has 3 N–H and O–H groups in total. The zero-order valence-electron chi connectivity index (χ0n) is 16.7. The topological polar surface area (TPSA) is 81.7 Å². The fourth-order valence-electron chi connectivity index (χ4n) is 3.07. The van der Waals surface area contributed by atoms with Crippen molar-refractivity contribution in [2.45, 2.75) is 31.4 Å². The third-order valence-electron chi connectivity index (χ3n) is 4.75. The van der Waals surface area contributed by atoms with Crippen LogP contribution in [0.25, 0.3) is 0 Å². The lowest BCUT2D eigenvalue weighted by Crippen LogP contribution is -2.52. The fourth-order valence-corrected chi connectivity index (χ4v) is 3.07. The van der Waals surface area contributed by atoms with E-state index >= 15 is 0 Å². The molecule has 6 nitrogen and oxygen atoms in total. The van der Waals surface area contributed by atoms with Gasteiger partial charge in [0.05, 0.1) is 6.04 Å². The quantitative estimate of drug-likeness (QED) is 0.613. The van der Waals surface area contributed by atoms with Gasteiger partial charge in [-0.05, 0) is 24.5 Å². The highest BCUT2D eigenvalue weighted by molar-refractivity contribution is 5.76. The molecule has 150 valence electrons. The van der Waals surface area contributed by atoms with Gasteiger partial charge in [-0.1, -0.05) is 60.7 Å². The molecule has 0 radical (unpaired) electrons.